The van der Waals surface area contributed by atoms with Crippen molar-refractivity contribution >= 4 is 29.7 Å². The molecule has 14 nitrogen and oxygen atoms in total. The van der Waals surface area contributed by atoms with Crippen LogP contribution in [0.3, 0.4) is 0 Å². The van der Waals surface area contributed by atoms with E-state index in [9.17, 15) is 23.6 Å². The highest BCUT2D eigenvalue weighted by molar-refractivity contribution is 5.90. The lowest BCUT2D eigenvalue weighted by atomic mass is 10.2. The quantitative estimate of drug-likeness (QED) is 0.0436. The number of amides is 3. The lowest BCUT2D eigenvalue weighted by Gasteiger charge is -2.27. The summed E-state index contributed by atoms with van der Waals surface area (Å²) in [5, 5.41) is 18.4. The summed E-state index contributed by atoms with van der Waals surface area (Å²) in [5.74, 6) is -0.519. The number of unbranched alkanes of at least 4 members (excludes halogenated alkanes) is 2. The first-order valence-corrected chi connectivity index (χ1v) is 19.1. The summed E-state index contributed by atoms with van der Waals surface area (Å²) in [5.41, 5.74) is 0.531. The van der Waals surface area contributed by atoms with E-state index in [-0.39, 0.29) is 30.0 Å². The van der Waals surface area contributed by atoms with Gasteiger partial charge in [-0.2, -0.15) is 0 Å². The molecule has 0 fully saturated rings. The van der Waals surface area contributed by atoms with Crippen molar-refractivity contribution in [3.8, 4) is 0 Å². The number of nitrogens with zero attached hydrogens (tertiary/aromatic N) is 2. The number of carbonyl (C=O) groups excluding carboxylic acids is 4. The van der Waals surface area contributed by atoms with E-state index in [0.29, 0.717) is 104 Å². The van der Waals surface area contributed by atoms with Crippen LogP contribution < -0.4 is 31.9 Å². The Bertz CT molecular complexity index is 1060. The third kappa shape index (κ3) is 28.5. The van der Waals surface area contributed by atoms with Gasteiger partial charge in [-0.15, -0.1) is 0 Å². The molecule has 0 spiro atoms. The molecule has 0 unspecified atom stereocenters. The molecule has 1 rings (SSSR count). The molecule has 0 aliphatic rings. The molecule has 1 aromatic carbocycles. The number of aldehydes is 1. The number of rotatable bonds is 36. The minimum Gasteiger partial charge on any atom is -0.378 e. The standard InChI is InChI=1S/C37H67FN8O6/c1-3-15-40-20-29-51-31-32-52-30-21-43-35(48)8-5-4-6-16-41-19-25-46(23-13-36(49)42-18-17-39-2)27-26-45(22-7-28-47)24-14-37(50)44-34-11-9-33(38)10-12-34/h9-12,28,39-41H,3-8,13-27,29-32H2,1-2H3,(H,42,49)(H,43,48)(H,44,50). The van der Waals surface area contributed by atoms with Crippen molar-refractivity contribution in [3.63, 3.8) is 0 Å². The van der Waals surface area contributed by atoms with E-state index >= 15 is 0 Å². The van der Waals surface area contributed by atoms with Gasteiger partial charge in [-0.05, 0) is 63.7 Å². The number of halogens is 1. The van der Waals surface area contributed by atoms with Gasteiger partial charge in [-0.25, -0.2) is 4.39 Å². The highest BCUT2D eigenvalue weighted by Gasteiger charge is 2.13. The molecule has 3 amide bonds. The predicted octanol–water partition coefficient (Wildman–Crippen LogP) is 1.37. The number of likely N-dealkylation sites (N-methyl/N-ethyl adjacent to an activating group) is 1. The second kappa shape index (κ2) is 33.8. The molecule has 6 N–H and O–H groups in total. The third-order valence-electron chi connectivity index (χ3n) is 8.08. The zero-order valence-electron chi connectivity index (χ0n) is 31.8. The monoisotopic (exact) mass is 739 g/mol. The van der Waals surface area contributed by atoms with E-state index in [2.05, 4.69) is 48.6 Å². The Morgan fingerprint density at radius 1 is 0.654 bits per heavy atom. The fraction of sp³-hybridized carbons (Fsp3) is 0.730. The van der Waals surface area contributed by atoms with Crippen LogP contribution in [0.15, 0.2) is 24.3 Å². The van der Waals surface area contributed by atoms with Gasteiger partial charge in [0, 0.05) is 103 Å². The largest absolute Gasteiger partial charge is 0.378 e. The SMILES string of the molecule is CCCNCCOCCOCCNC(=O)CCCCCNCCN(CCC(=O)NCCNC)CCN(CCC=O)CCC(=O)Nc1ccc(F)cc1. The van der Waals surface area contributed by atoms with Crippen LogP contribution in [0.5, 0.6) is 0 Å². The molecule has 0 saturated carbocycles. The van der Waals surface area contributed by atoms with Crippen LogP contribution in [0.25, 0.3) is 0 Å². The fourth-order valence-electron chi connectivity index (χ4n) is 5.07. The van der Waals surface area contributed by atoms with Crippen LogP contribution in [-0.2, 0) is 28.7 Å². The van der Waals surface area contributed by atoms with Gasteiger partial charge in [0.25, 0.3) is 0 Å². The Kier molecular flexibility index (Phi) is 30.5. The van der Waals surface area contributed by atoms with E-state index in [0.717, 1.165) is 64.7 Å². The first-order chi connectivity index (χ1) is 25.4. The zero-order chi connectivity index (χ0) is 37.9. The number of ether oxygens (including phenoxy) is 2. The topological polar surface area (TPSA) is 165 Å². The summed E-state index contributed by atoms with van der Waals surface area (Å²) >= 11 is 0. The molecule has 0 aromatic heterocycles. The summed E-state index contributed by atoms with van der Waals surface area (Å²) < 4.78 is 24.2. The molecule has 0 bridgehead atoms. The van der Waals surface area contributed by atoms with Gasteiger partial charge in [0.2, 0.25) is 17.7 Å². The van der Waals surface area contributed by atoms with Gasteiger partial charge in [-0.1, -0.05) is 13.3 Å². The number of carbonyl (C=O) groups is 4. The van der Waals surface area contributed by atoms with Gasteiger partial charge in [0.1, 0.15) is 12.1 Å². The smallest absolute Gasteiger partial charge is 0.225 e. The summed E-state index contributed by atoms with van der Waals surface area (Å²) in [6.45, 7) is 13.2. The Morgan fingerprint density at radius 3 is 1.98 bits per heavy atom. The molecule has 52 heavy (non-hydrogen) atoms. The van der Waals surface area contributed by atoms with Gasteiger partial charge >= 0.3 is 0 Å². The van der Waals surface area contributed by atoms with E-state index in [1.54, 1.807) is 0 Å². The van der Waals surface area contributed by atoms with Crippen LogP contribution >= 0.6 is 0 Å². The van der Waals surface area contributed by atoms with Crippen molar-refractivity contribution in [2.75, 3.05) is 124 Å². The average Bonchev–Trinajstić information content (AvgIpc) is 3.14. The summed E-state index contributed by atoms with van der Waals surface area (Å²) in [4.78, 5) is 52.5. The number of anilines is 1. The maximum absolute atomic E-state index is 13.2. The molecular weight excluding hydrogens is 671 g/mol. The second-order valence-corrected chi connectivity index (χ2v) is 12.5. The highest BCUT2D eigenvalue weighted by atomic mass is 19.1. The highest BCUT2D eigenvalue weighted by Crippen LogP contribution is 2.09. The summed E-state index contributed by atoms with van der Waals surface area (Å²) in [7, 11) is 1.84. The Labute approximate surface area is 311 Å². The second-order valence-electron chi connectivity index (χ2n) is 12.5. The maximum atomic E-state index is 13.2. The van der Waals surface area contributed by atoms with E-state index < -0.39 is 0 Å². The Hall–Kier alpha value is -3.05. The summed E-state index contributed by atoms with van der Waals surface area (Å²) in [6, 6.07) is 5.63. The van der Waals surface area contributed by atoms with E-state index in [1.165, 1.54) is 24.3 Å². The zero-order valence-corrected chi connectivity index (χ0v) is 31.8. The fourth-order valence-corrected chi connectivity index (χ4v) is 5.07. The van der Waals surface area contributed by atoms with Crippen LogP contribution in [0.4, 0.5) is 10.1 Å². The third-order valence-corrected chi connectivity index (χ3v) is 8.08. The van der Waals surface area contributed by atoms with Crippen molar-refractivity contribution < 1.29 is 33.0 Å². The van der Waals surface area contributed by atoms with Gasteiger partial charge in [0.05, 0.1) is 26.4 Å². The molecule has 0 heterocycles. The van der Waals surface area contributed by atoms with Crippen LogP contribution in [0, 0.1) is 5.82 Å². The van der Waals surface area contributed by atoms with Crippen LogP contribution in [-0.4, -0.2) is 152 Å². The number of benzene rings is 1. The molecular formula is C37H67FN8O6. The van der Waals surface area contributed by atoms with Crippen molar-refractivity contribution in [3.05, 3.63) is 30.1 Å². The normalized spacial score (nSPS) is 11.2. The average molecular weight is 739 g/mol. The van der Waals surface area contributed by atoms with Crippen LogP contribution in [0.2, 0.25) is 0 Å². The minimum absolute atomic E-state index is 0.00361. The van der Waals surface area contributed by atoms with Crippen molar-refractivity contribution in [1.82, 2.24) is 36.4 Å². The first kappa shape index (κ1) is 47.0. The minimum atomic E-state index is -0.369. The molecule has 298 valence electrons. The number of nitrogens with one attached hydrogen (secondary N) is 6. The van der Waals surface area contributed by atoms with Crippen molar-refractivity contribution in [2.24, 2.45) is 0 Å². The lowest BCUT2D eigenvalue weighted by molar-refractivity contribution is -0.122. The molecule has 0 aliphatic carbocycles. The Morgan fingerprint density at radius 2 is 1.29 bits per heavy atom. The number of hydrogen-bond acceptors (Lipinski definition) is 11. The Balaban J connectivity index is 2.33. The molecule has 0 atom stereocenters. The van der Waals surface area contributed by atoms with Crippen LogP contribution in [0.1, 0.15) is 58.3 Å². The lowest BCUT2D eigenvalue weighted by Crippen LogP contribution is -2.41. The first-order valence-electron chi connectivity index (χ1n) is 19.1. The molecule has 0 aliphatic heterocycles. The molecule has 0 saturated heterocycles. The van der Waals surface area contributed by atoms with E-state index in [4.69, 9.17) is 9.47 Å². The maximum Gasteiger partial charge on any atom is 0.225 e. The van der Waals surface area contributed by atoms with Crippen molar-refractivity contribution in [1.29, 1.82) is 0 Å². The molecule has 15 heteroatoms. The predicted molar refractivity (Wildman–Crippen MR) is 204 cm³/mol. The molecule has 0 radical (unpaired) electrons. The van der Waals surface area contributed by atoms with Gasteiger partial charge in [-0.3, -0.25) is 14.4 Å². The van der Waals surface area contributed by atoms with E-state index in [1.807, 2.05) is 7.05 Å². The number of hydrogen-bond donors (Lipinski definition) is 6. The summed E-state index contributed by atoms with van der Waals surface area (Å²) in [6.07, 6.45) is 6.16. The van der Waals surface area contributed by atoms with Crippen molar-refractivity contribution in [2.45, 2.75) is 58.3 Å². The van der Waals surface area contributed by atoms with Gasteiger partial charge in [0.15, 0.2) is 0 Å². The molecule has 1 aromatic rings. The van der Waals surface area contributed by atoms with Gasteiger partial charge < -0.3 is 56.0 Å².